The molecule has 464 valence electrons. The average molecular weight is 1230 g/mol. The number of carbonyl (C=O) groups excluding carboxylic acids is 5. The second kappa shape index (κ2) is 35.9. The molecule has 6 N–H and O–H groups in total. The number of allylic oxidation sites excluding steroid dienone is 7. The number of likely N-dealkylation sites (N-methyl/N-ethyl adjacent to an activating group) is 1. The van der Waals surface area contributed by atoms with Gasteiger partial charge in [0.15, 0.2) is 0 Å². The van der Waals surface area contributed by atoms with Gasteiger partial charge in [-0.05, 0) is 111 Å². The summed E-state index contributed by atoms with van der Waals surface area (Å²) in [7, 11) is -0.0669. The first-order valence-corrected chi connectivity index (χ1v) is 32.5. The van der Waals surface area contributed by atoms with Gasteiger partial charge in [-0.25, -0.2) is 27.8 Å². The highest BCUT2D eigenvalue weighted by Crippen LogP contribution is 2.33. The average Bonchev–Trinajstić information content (AvgIpc) is 4.28. The molecule has 2 aromatic heterocycles. The molecule has 1 aromatic carbocycles. The summed E-state index contributed by atoms with van der Waals surface area (Å²) in [6, 6.07) is 6.84. The number of aromatic nitrogens is 4. The van der Waals surface area contributed by atoms with Crippen LogP contribution in [-0.4, -0.2) is 159 Å². The fourth-order valence-electron chi connectivity index (χ4n) is 9.25. The Hall–Kier alpha value is -6.48. The maximum Gasteiger partial charge on any atom is 0.332 e. The number of carbonyl (C=O) groups is 5. The summed E-state index contributed by atoms with van der Waals surface area (Å²) >= 11 is 3.30. The Bertz CT molecular complexity index is 2970. The molecule has 3 aliphatic heterocycles. The Labute approximate surface area is 508 Å². The second-order valence-electron chi connectivity index (χ2n) is 21.6. The number of cyclic esters (lactones) is 2. The highest BCUT2D eigenvalue weighted by Gasteiger charge is 2.42. The molecule has 0 aliphatic carbocycles. The Kier molecular flexibility index (Phi) is 28.5. The largest absolute Gasteiger partial charge is 0.459 e. The highest BCUT2D eigenvalue weighted by molar-refractivity contribution is 8.00. The van der Waals surface area contributed by atoms with Crippen molar-refractivity contribution in [1.29, 1.82) is 0 Å². The Morgan fingerprint density at radius 2 is 1.66 bits per heavy atom. The first kappa shape index (κ1) is 67.6. The molecule has 5 atom stereocenters. The smallest absolute Gasteiger partial charge is 0.332 e. The Morgan fingerprint density at radius 1 is 0.894 bits per heavy atom. The van der Waals surface area contributed by atoms with Crippen LogP contribution in [0.5, 0.6) is 0 Å². The van der Waals surface area contributed by atoms with Crippen molar-refractivity contribution < 1.29 is 51.3 Å². The fourth-order valence-corrected chi connectivity index (χ4v) is 12.5. The van der Waals surface area contributed by atoms with Crippen LogP contribution in [0.15, 0.2) is 112 Å². The van der Waals surface area contributed by atoms with Crippen molar-refractivity contribution in [3.63, 3.8) is 0 Å². The number of benzene rings is 1. The third-order valence-electron chi connectivity index (χ3n) is 13.8. The lowest BCUT2D eigenvalue weighted by atomic mass is 10.0. The van der Waals surface area contributed by atoms with Gasteiger partial charge in [0.1, 0.15) is 12.2 Å². The van der Waals surface area contributed by atoms with Gasteiger partial charge in [-0.2, -0.15) is 11.8 Å². The van der Waals surface area contributed by atoms with Crippen LogP contribution in [0.25, 0.3) is 0 Å². The molecule has 3 aromatic rings. The number of nitrogens with one attached hydrogen (secondary N) is 6. The summed E-state index contributed by atoms with van der Waals surface area (Å²) in [6.45, 7) is 11.2. The molecule has 0 radical (unpaired) electrons. The number of thiazole rings is 1. The molecule has 3 aliphatic rings. The zero-order valence-electron chi connectivity index (χ0n) is 49.8. The highest BCUT2D eigenvalue weighted by atomic mass is 32.2. The van der Waals surface area contributed by atoms with Crippen molar-refractivity contribution in [2.75, 3.05) is 65.9 Å². The molecule has 0 saturated carbocycles. The molecule has 2 fully saturated rings. The van der Waals surface area contributed by atoms with Gasteiger partial charge in [0.25, 0.3) is 10.0 Å². The molecule has 2 bridgehead atoms. The van der Waals surface area contributed by atoms with Gasteiger partial charge in [0, 0.05) is 92.3 Å². The lowest BCUT2D eigenvalue weighted by molar-refractivity contribution is -0.142. The van der Waals surface area contributed by atoms with Crippen LogP contribution in [0.1, 0.15) is 101 Å². The maximum atomic E-state index is 13.6. The third-order valence-corrected chi connectivity index (χ3v) is 17.5. The number of rotatable bonds is 30. The van der Waals surface area contributed by atoms with E-state index in [1.54, 1.807) is 35.9 Å². The molecule has 2 saturated heterocycles. The second-order valence-corrected chi connectivity index (χ2v) is 25.5. The quantitative estimate of drug-likeness (QED) is 0.0149. The van der Waals surface area contributed by atoms with Crippen LogP contribution >= 0.6 is 23.1 Å². The molecular weight excluding hydrogens is 1150 g/mol. The molecule has 6 rings (SSSR count). The SMILES string of the molecule is CC(C=CC(C)=C[C@@H]1Cc2nc(cs2)CCC(NNS(=O)(=O)c2ccc(CCc3cn(CCCNC(=O)CCOCCOCCNC(=O)CCCC[C@@H]4SC[C@@H]5NC(=O)N[C@@H]54)nn3)cc2)=CC(=O)O[C@@H](C)CC(C)=CC=CC(=O)O1)=CCN(C)C. The number of hydrogen-bond acceptors (Lipinski definition) is 18. The number of thioether (sulfide) groups is 1. The van der Waals surface area contributed by atoms with Crippen LogP contribution < -0.4 is 31.5 Å². The van der Waals surface area contributed by atoms with Crippen molar-refractivity contribution >= 4 is 62.9 Å². The molecule has 4 amide bonds. The van der Waals surface area contributed by atoms with Crippen molar-refractivity contribution in [3.05, 3.63) is 129 Å². The minimum atomic E-state index is -4.09. The van der Waals surface area contributed by atoms with Gasteiger partial charge >= 0.3 is 18.0 Å². The zero-order chi connectivity index (χ0) is 61.0. The first-order chi connectivity index (χ1) is 40.8. The van der Waals surface area contributed by atoms with Crippen molar-refractivity contribution in [2.24, 2.45) is 0 Å². The Balaban J connectivity index is 0.867. The van der Waals surface area contributed by atoms with Crippen LogP contribution in [0.2, 0.25) is 0 Å². The van der Waals surface area contributed by atoms with Gasteiger partial charge in [0.05, 0.1) is 59.8 Å². The lowest BCUT2D eigenvalue weighted by Crippen LogP contribution is -2.37. The molecule has 85 heavy (non-hydrogen) atoms. The minimum absolute atomic E-state index is 0.00191. The van der Waals surface area contributed by atoms with E-state index in [0.717, 1.165) is 64.5 Å². The van der Waals surface area contributed by atoms with E-state index in [1.165, 1.54) is 35.6 Å². The molecule has 0 spiro atoms. The van der Waals surface area contributed by atoms with E-state index in [-0.39, 0.29) is 60.0 Å². The summed E-state index contributed by atoms with van der Waals surface area (Å²) in [4.78, 5) is 71.7. The molecular formula is C60H85N11O11S3. The number of esters is 2. The number of hydrazine groups is 1. The van der Waals surface area contributed by atoms with Gasteiger partial charge in [0.2, 0.25) is 11.8 Å². The fraction of sp³-hybridized carbons (Fsp3) is 0.533. The zero-order valence-corrected chi connectivity index (χ0v) is 52.2. The number of urea groups is 1. The number of unbranched alkanes of at least 4 members (excludes halogenated alkanes) is 1. The van der Waals surface area contributed by atoms with E-state index in [9.17, 15) is 32.4 Å². The lowest BCUT2D eigenvalue weighted by Gasteiger charge is -2.16. The van der Waals surface area contributed by atoms with Gasteiger partial charge in [-0.15, -0.1) is 21.3 Å². The van der Waals surface area contributed by atoms with E-state index in [0.29, 0.717) is 95.3 Å². The summed E-state index contributed by atoms with van der Waals surface area (Å²) < 4.78 is 51.6. The standard InChI is InChI=1S/C60H85N11O11S3/c1-42(25-30-70(5)6)15-16-44(3)36-50-38-56-63-49(40-84-56)22-21-47(37-58(75)81-45(4)35-43(2)11-9-14-57(74)82-50)67-69-85(77,78)51-23-18-46(19-24-51)17-20-48-39-71(68-66-48)29-10-27-61-55(73)26-31-79-33-34-80-32-28-62-54(72)13-8-7-12-53-59-52(41-83-53)64-60(76)65-59/h9,11,14-16,18-19,23-25,36-37,39-40,45,50,52-53,59,67,69H,7-8,10,12-13,17,20-22,26-35,38,41H2,1-6H3,(H,61,73)(H,62,72)(H2,64,65,76)/t45-,50+,52-,53-,59-/m0/s1. The number of hydrogen-bond donors (Lipinski definition) is 6. The van der Waals surface area contributed by atoms with Gasteiger partial charge in [-0.3, -0.25) is 14.3 Å². The summed E-state index contributed by atoms with van der Waals surface area (Å²) in [5.74, 6) is -0.344. The van der Waals surface area contributed by atoms with Gasteiger partial charge < -0.3 is 50.5 Å². The predicted molar refractivity (Wildman–Crippen MR) is 329 cm³/mol. The van der Waals surface area contributed by atoms with E-state index < -0.39 is 34.2 Å². The predicted octanol–water partition coefficient (Wildman–Crippen LogP) is 5.89. The molecule has 0 unspecified atom stereocenters. The van der Waals surface area contributed by atoms with Crippen LogP contribution in [0.4, 0.5) is 4.79 Å². The van der Waals surface area contributed by atoms with E-state index >= 15 is 0 Å². The van der Waals surface area contributed by atoms with E-state index in [4.69, 9.17) is 23.9 Å². The number of aryl methyl sites for hydroxylation is 4. The van der Waals surface area contributed by atoms with Crippen LogP contribution in [-0.2, 0) is 80.4 Å². The van der Waals surface area contributed by atoms with Crippen molar-refractivity contribution in [1.82, 2.24) is 56.4 Å². The number of ether oxygens (including phenoxy) is 4. The molecule has 25 heteroatoms. The van der Waals surface area contributed by atoms with Crippen LogP contribution in [0.3, 0.4) is 0 Å². The third kappa shape index (κ3) is 26.0. The van der Waals surface area contributed by atoms with Crippen molar-refractivity contribution in [2.45, 2.75) is 146 Å². The number of sulfonamides is 1. The van der Waals surface area contributed by atoms with E-state index in [1.807, 2.05) is 76.4 Å². The molecule has 5 heterocycles. The normalized spacial score (nSPS) is 20.1. The minimum Gasteiger partial charge on any atom is -0.459 e. The summed E-state index contributed by atoms with van der Waals surface area (Å²) in [5.41, 5.74) is 8.32. The Morgan fingerprint density at radius 3 is 2.46 bits per heavy atom. The first-order valence-electron chi connectivity index (χ1n) is 29.1. The van der Waals surface area contributed by atoms with Crippen LogP contribution in [0, 0.1) is 0 Å². The number of fused-ring (bicyclic) bond motifs is 3. The number of nitrogens with zero attached hydrogens (tertiary/aromatic N) is 5. The number of amides is 4. The monoisotopic (exact) mass is 1230 g/mol. The summed E-state index contributed by atoms with van der Waals surface area (Å²) in [6.07, 6.45) is 21.3. The maximum absolute atomic E-state index is 13.6. The van der Waals surface area contributed by atoms with Gasteiger partial charge in [-0.1, -0.05) is 70.9 Å². The topological polar surface area (TPSA) is 275 Å². The van der Waals surface area contributed by atoms with Crippen molar-refractivity contribution in [3.8, 4) is 0 Å². The van der Waals surface area contributed by atoms with E-state index in [2.05, 4.69) is 52.8 Å². The summed E-state index contributed by atoms with van der Waals surface area (Å²) in [5, 5.41) is 23.3. The molecule has 22 nitrogen and oxygen atoms in total.